The van der Waals surface area contributed by atoms with Crippen molar-refractivity contribution in [1.29, 1.82) is 0 Å². The van der Waals surface area contributed by atoms with E-state index in [9.17, 15) is 4.79 Å². The van der Waals surface area contributed by atoms with E-state index in [-0.39, 0.29) is 0 Å². The van der Waals surface area contributed by atoms with Crippen LogP contribution in [0.5, 0.6) is 0 Å². The molecule has 5 heteroatoms. The van der Waals surface area contributed by atoms with Crippen LogP contribution in [-0.4, -0.2) is 25.5 Å². The molecule has 1 aromatic carbocycles. The highest BCUT2D eigenvalue weighted by Gasteiger charge is 1.96. The van der Waals surface area contributed by atoms with Gasteiger partial charge < -0.3 is 5.32 Å². The van der Waals surface area contributed by atoms with Crippen molar-refractivity contribution >= 4 is 28.0 Å². The van der Waals surface area contributed by atoms with E-state index in [2.05, 4.69) is 34.2 Å². The molecule has 15 heavy (non-hydrogen) atoms. The maximum atomic E-state index is 9.31. The number of rotatable bonds is 2. The summed E-state index contributed by atoms with van der Waals surface area (Å²) < 4.78 is 1.15. The van der Waals surface area contributed by atoms with Gasteiger partial charge in [0.15, 0.2) is 0 Å². The van der Waals surface area contributed by atoms with Gasteiger partial charge >= 0.3 is 0 Å². The number of benzene rings is 1. The van der Waals surface area contributed by atoms with Crippen LogP contribution in [0, 0.1) is 6.92 Å². The average molecular weight is 274 g/mol. The summed E-state index contributed by atoms with van der Waals surface area (Å²) in [6, 6.07) is 6.11. The monoisotopic (exact) mass is 273 g/mol. The lowest BCUT2D eigenvalue weighted by molar-refractivity contribution is -0.117. The van der Waals surface area contributed by atoms with Crippen molar-refractivity contribution in [2.24, 2.45) is 5.84 Å². The summed E-state index contributed by atoms with van der Waals surface area (Å²) in [7, 11) is 3.39. The molecule has 0 aliphatic carbocycles. The molecule has 0 radical (unpaired) electrons. The van der Waals surface area contributed by atoms with Crippen LogP contribution < -0.4 is 11.2 Å². The summed E-state index contributed by atoms with van der Waals surface area (Å²) in [6.45, 7) is 2.08. The minimum atomic E-state index is 0.528. The number of hydrogen-bond donors (Lipinski definition) is 2. The van der Waals surface area contributed by atoms with E-state index in [1.54, 1.807) is 0 Å². The number of nitrogens with one attached hydrogen (secondary N) is 1. The third kappa shape index (κ3) is 5.39. The maximum absolute atomic E-state index is 9.31. The maximum Gasteiger partial charge on any atom is 0.223 e. The van der Waals surface area contributed by atoms with E-state index in [4.69, 9.17) is 5.84 Å². The Morgan fingerprint density at radius 3 is 2.40 bits per heavy atom. The fourth-order valence-corrected chi connectivity index (χ4v) is 1.24. The molecule has 0 heterocycles. The Morgan fingerprint density at radius 2 is 2.07 bits per heavy atom. The Kier molecular flexibility index (Phi) is 6.73. The topological polar surface area (TPSA) is 58.4 Å². The molecule has 0 aliphatic heterocycles. The Labute approximate surface area is 98.5 Å². The first-order valence-corrected chi connectivity index (χ1v) is 5.18. The van der Waals surface area contributed by atoms with Crippen LogP contribution in [0.4, 0.5) is 5.69 Å². The van der Waals surface area contributed by atoms with Crippen LogP contribution in [0.3, 0.4) is 0 Å². The second-order valence-corrected chi connectivity index (χ2v) is 3.79. The Bertz CT molecular complexity index is 316. The van der Waals surface area contributed by atoms with Gasteiger partial charge in [-0.3, -0.25) is 9.80 Å². The number of nitrogens with two attached hydrogens (primary N) is 1. The lowest BCUT2D eigenvalue weighted by atomic mass is 10.2. The standard InChI is InChI=1S/C8H10BrN.C2H6N2O/c1-6-7(9)4-3-5-8(6)10-2;1-4(3)2-5/h3-5,10H,1-2H3;2H,3H2,1H3. The van der Waals surface area contributed by atoms with Gasteiger partial charge in [0.25, 0.3) is 0 Å². The van der Waals surface area contributed by atoms with Crippen molar-refractivity contribution in [2.75, 3.05) is 19.4 Å². The van der Waals surface area contributed by atoms with Crippen LogP contribution in [0.25, 0.3) is 0 Å². The van der Waals surface area contributed by atoms with Crippen LogP contribution in [-0.2, 0) is 4.79 Å². The predicted molar refractivity (Wildman–Crippen MR) is 66.4 cm³/mol. The quantitative estimate of drug-likeness (QED) is 0.374. The highest BCUT2D eigenvalue weighted by Crippen LogP contribution is 2.22. The minimum Gasteiger partial charge on any atom is -0.388 e. The third-order valence-corrected chi connectivity index (χ3v) is 2.56. The first kappa shape index (κ1) is 13.9. The molecule has 1 rings (SSSR count). The number of hydrogen-bond acceptors (Lipinski definition) is 3. The molecular formula is C10H16BrN3O. The fourth-order valence-electron chi connectivity index (χ4n) is 0.878. The number of carbonyl (C=O) groups excluding carboxylic acids is 1. The van der Waals surface area contributed by atoms with Gasteiger partial charge in [-0.15, -0.1) is 0 Å². The molecule has 3 N–H and O–H groups in total. The number of halogens is 1. The molecule has 1 aromatic rings. The zero-order valence-corrected chi connectivity index (χ0v) is 10.7. The molecular weight excluding hydrogens is 258 g/mol. The van der Waals surface area contributed by atoms with Gasteiger partial charge in [-0.1, -0.05) is 22.0 Å². The van der Waals surface area contributed by atoms with E-state index in [1.807, 2.05) is 19.2 Å². The van der Waals surface area contributed by atoms with E-state index < -0.39 is 0 Å². The third-order valence-electron chi connectivity index (χ3n) is 1.70. The van der Waals surface area contributed by atoms with Crippen molar-refractivity contribution in [3.63, 3.8) is 0 Å². The van der Waals surface area contributed by atoms with Crippen molar-refractivity contribution in [1.82, 2.24) is 5.01 Å². The summed E-state index contributed by atoms with van der Waals surface area (Å²) in [4.78, 5) is 9.31. The molecule has 0 atom stereocenters. The van der Waals surface area contributed by atoms with Crippen molar-refractivity contribution in [3.8, 4) is 0 Å². The minimum absolute atomic E-state index is 0.528. The number of anilines is 1. The molecule has 84 valence electrons. The molecule has 0 unspecified atom stereocenters. The summed E-state index contributed by atoms with van der Waals surface area (Å²) in [6.07, 6.45) is 0.528. The summed E-state index contributed by atoms with van der Waals surface area (Å²) in [5.41, 5.74) is 2.43. The van der Waals surface area contributed by atoms with Crippen LogP contribution in [0.1, 0.15) is 5.56 Å². The lowest BCUT2D eigenvalue weighted by Gasteiger charge is -2.04. The molecule has 0 fully saturated rings. The van der Waals surface area contributed by atoms with E-state index in [0.29, 0.717) is 6.41 Å². The van der Waals surface area contributed by atoms with Crippen molar-refractivity contribution in [3.05, 3.63) is 28.2 Å². The lowest BCUT2D eigenvalue weighted by Crippen LogP contribution is -2.23. The highest BCUT2D eigenvalue weighted by molar-refractivity contribution is 9.10. The Hall–Kier alpha value is -1.07. The van der Waals surface area contributed by atoms with Crippen LogP contribution in [0.15, 0.2) is 22.7 Å². The molecule has 0 spiro atoms. The second kappa shape index (κ2) is 7.25. The second-order valence-electron chi connectivity index (χ2n) is 2.93. The van der Waals surface area contributed by atoms with Crippen LogP contribution in [0.2, 0.25) is 0 Å². The van der Waals surface area contributed by atoms with Crippen molar-refractivity contribution < 1.29 is 4.79 Å². The molecule has 0 aromatic heterocycles. The Morgan fingerprint density at radius 1 is 1.53 bits per heavy atom. The van der Waals surface area contributed by atoms with E-state index in [1.165, 1.54) is 18.3 Å². The highest BCUT2D eigenvalue weighted by atomic mass is 79.9. The molecule has 0 bridgehead atoms. The van der Waals surface area contributed by atoms with Gasteiger partial charge in [-0.25, -0.2) is 5.84 Å². The molecule has 0 saturated carbocycles. The summed E-state index contributed by atoms with van der Waals surface area (Å²) in [5.74, 6) is 4.76. The number of hydrazine groups is 1. The van der Waals surface area contributed by atoms with Crippen molar-refractivity contribution in [2.45, 2.75) is 6.92 Å². The van der Waals surface area contributed by atoms with Gasteiger partial charge in [-0.2, -0.15) is 0 Å². The predicted octanol–water partition coefficient (Wildman–Crippen LogP) is 1.75. The van der Waals surface area contributed by atoms with Gasteiger partial charge in [0.2, 0.25) is 6.41 Å². The number of nitrogens with zero attached hydrogens (tertiary/aromatic N) is 1. The van der Waals surface area contributed by atoms with Gasteiger partial charge in [0.1, 0.15) is 0 Å². The SMILES string of the molecule is CN(N)C=O.CNc1cccc(Br)c1C. The summed E-state index contributed by atoms with van der Waals surface area (Å²) >= 11 is 3.45. The first-order valence-electron chi connectivity index (χ1n) is 4.38. The number of amides is 1. The first-order chi connectivity index (χ1) is 7.02. The van der Waals surface area contributed by atoms with E-state index in [0.717, 1.165) is 9.48 Å². The summed E-state index contributed by atoms with van der Waals surface area (Å²) in [5, 5.41) is 4.05. The van der Waals surface area contributed by atoms with Gasteiger partial charge in [0, 0.05) is 24.3 Å². The molecule has 4 nitrogen and oxygen atoms in total. The number of carbonyl (C=O) groups is 1. The van der Waals surface area contributed by atoms with Crippen LogP contribution >= 0.6 is 15.9 Å². The molecule has 0 aliphatic rings. The zero-order chi connectivity index (χ0) is 11.8. The van der Waals surface area contributed by atoms with Gasteiger partial charge in [0.05, 0.1) is 0 Å². The normalized spacial score (nSPS) is 8.60. The largest absolute Gasteiger partial charge is 0.388 e. The van der Waals surface area contributed by atoms with E-state index >= 15 is 0 Å². The zero-order valence-electron chi connectivity index (χ0n) is 9.12. The molecule has 0 saturated heterocycles. The van der Waals surface area contributed by atoms with Gasteiger partial charge in [-0.05, 0) is 24.6 Å². The smallest absolute Gasteiger partial charge is 0.223 e. The fraction of sp³-hybridized carbons (Fsp3) is 0.300. The average Bonchev–Trinajstić information content (AvgIpc) is 2.23. The molecule has 1 amide bonds. The Balaban J connectivity index is 0.000000336.